The quantitative estimate of drug-likeness (QED) is 0.248. The van der Waals surface area contributed by atoms with Crippen LogP contribution in [0.15, 0.2) is 97.1 Å². The number of halogens is 3. The van der Waals surface area contributed by atoms with Gasteiger partial charge >= 0.3 is 0 Å². The Kier molecular flexibility index (Phi) is 5.95. The molecule has 5 aromatic rings. The summed E-state index contributed by atoms with van der Waals surface area (Å²) in [7, 11) is 1.60. The Hall–Kier alpha value is -3.83. The van der Waals surface area contributed by atoms with Crippen LogP contribution in [0.3, 0.4) is 0 Å². The monoisotopic (exact) mass is 472 g/mol. The lowest BCUT2D eigenvalue weighted by atomic mass is 9.91. The number of hydrogen-bond donors (Lipinski definition) is 0. The molecule has 168 valence electrons. The zero-order chi connectivity index (χ0) is 23.7. The first-order chi connectivity index (χ1) is 16.5. The predicted molar refractivity (Wildman–Crippen MR) is 132 cm³/mol. The lowest BCUT2D eigenvalue weighted by Crippen LogP contribution is -1.89. The molecule has 0 unspecified atom stereocenters. The van der Waals surface area contributed by atoms with E-state index in [1.165, 1.54) is 29.5 Å². The summed E-state index contributed by atoms with van der Waals surface area (Å²) < 4.78 is 47.1. The van der Waals surface area contributed by atoms with Crippen LogP contribution in [0.25, 0.3) is 43.1 Å². The van der Waals surface area contributed by atoms with Gasteiger partial charge in [-0.05, 0) is 58.7 Å². The number of thiophene rings is 1. The van der Waals surface area contributed by atoms with Crippen LogP contribution in [-0.2, 0) is 0 Å². The molecule has 1 nitrogen and oxygen atoms in total. The van der Waals surface area contributed by atoms with Crippen molar-refractivity contribution in [1.29, 1.82) is 0 Å². The highest BCUT2D eigenvalue weighted by Gasteiger charge is 2.24. The highest BCUT2D eigenvalue weighted by Crippen LogP contribution is 2.52. The highest BCUT2D eigenvalue weighted by molar-refractivity contribution is 7.20. The molecule has 0 saturated carbocycles. The van der Waals surface area contributed by atoms with Gasteiger partial charge in [0.1, 0.15) is 11.6 Å². The Morgan fingerprint density at radius 3 is 1.71 bits per heavy atom. The second-order valence-electron chi connectivity index (χ2n) is 7.74. The Morgan fingerprint density at radius 1 is 0.559 bits per heavy atom. The van der Waals surface area contributed by atoms with Crippen molar-refractivity contribution in [3.8, 4) is 48.9 Å². The summed E-state index contributed by atoms with van der Waals surface area (Å²) in [6.45, 7) is 0. The molecule has 0 aliphatic carbocycles. The van der Waals surface area contributed by atoms with E-state index in [0.717, 1.165) is 43.6 Å². The van der Waals surface area contributed by atoms with E-state index < -0.39 is 11.6 Å². The first-order valence-corrected chi connectivity index (χ1v) is 11.4. The SMILES string of the molecule is COc1ccc(-c2c(-c3ccc(F)c(F)c3)sc(-c3ccccc3)c2-c2ccc(F)cc2)cc1. The van der Waals surface area contributed by atoms with Crippen LogP contribution in [0.5, 0.6) is 5.75 Å². The van der Waals surface area contributed by atoms with Crippen molar-refractivity contribution in [2.45, 2.75) is 0 Å². The summed E-state index contributed by atoms with van der Waals surface area (Å²) in [5, 5.41) is 0. The fourth-order valence-corrected chi connectivity index (χ4v) is 5.34. The summed E-state index contributed by atoms with van der Waals surface area (Å²) in [5.41, 5.74) is 5.04. The molecule has 0 aliphatic heterocycles. The Balaban J connectivity index is 1.86. The van der Waals surface area contributed by atoms with Gasteiger partial charge in [-0.1, -0.05) is 60.7 Å². The maximum Gasteiger partial charge on any atom is 0.159 e. The summed E-state index contributed by atoms with van der Waals surface area (Å²) in [6, 6.07) is 27.7. The largest absolute Gasteiger partial charge is 0.497 e. The molecule has 0 spiro atoms. The van der Waals surface area contributed by atoms with Crippen LogP contribution < -0.4 is 4.74 Å². The fourth-order valence-electron chi connectivity index (χ4n) is 3.99. The lowest BCUT2D eigenvalue weighted by Gasteiger charge is -2.12. The van der Waals surface area contributed by atoms with Gasteiger partial charge in [0.15, 0.2) is 11.6 Å². The van der Waals surface area contributed by atoms with E-state index in [1.54, 1.807) is 25.3 Å². The molecule has 4 aromatic carbocycles. The van der Waals surface area contributed by atoms with Crippen molar-refractivity contribution < 1.29 is 17.9 Å². The third kappa shape index (κ3) is 4.11. The van der Waals surface area contributed by atoms with E-state index in [0.29, 0.717) is 11.3 Å². The van der Waals surface area contributed by atoms with Crippen LogP contribution in [0.1, 0.15) is 0 Å². The second kappa shape index (κ2) is 9.20. The third-order valence-electron chi connectivity index (χ3n) is 5.64. The summed E-state index contributed by atoms with van der Waals surface area (Å²) in [6.07, 6.45) is 0. The van der Waals surface area contributed by atoms with Gasteiger partial charge in [0, 0.05) is 20.9 Å². The number of benzene rings is 4. The maximum atomic E-state index is 14.3. The van der Waals surface area contributed by atoms with Crippen LogP contribution in [-0.4, -0.2) is 7.11 Å². The molecule has 0 aliphatic rings. The van der Waals surface area contributed by atoms with Gasteiger partial charge in [0.05, 0.1) is 7.11 Å². The molecule has 0 saturated heterocycles. The fraction of sp³-hybridized carbons (Fsp3) is 0.0345. The van der Waals surface area contributed by atoms with Crippen LogP contribution in [0.4, 0.5) is 13.2 Å². The molecule has 5 heteroatoms. The molecule has 0 atom stereocenters. The highest BCUT2D eigenvalue weighted by atomic mass is 32.1. The number of rotatable bonds is 5. The molecule has 1 heterocycles. The standard InChI is InChI=1S/C29H19F3OS/c1-33-23-14-9-19(10-15-23)27-26(18-7-12-22(30)13-8-18)28(20-5-3-2-4-6-20)34-29(27)21-11-16-24(31)25(32)17-21/h2-17H,1H3. The smallest absolute Gasteiger partial charge is 0.159 e. The Bertz CT molecular complexity index is 1440. The van der Waals surface area contributed by atoms with E-state index in [1.807, 2.05) is 54.6 Å². The van der Waals surface area contributed by atoms with Crippen molar-refractivity contribution in [2.75, 3.05) is 7.11 Å². The summed E-state index contributed by atoms with van der Waals surface area (Å²) in [4.78, 5) is 1.75. The van der Waals surface area contributed by atoms with Crippen LogP contribution in [0.2, 0.25) is 0 Å². The van der Waals surface area contributed by atoms with E-state index in [2.05, 4.69) is 0 Å². The van der Waals surface area contributed by atoms with Crippen molar-refractivity contribution in [1.82, 2.24) is 0 Å². The zero-order valence-corrected chi connectivity index (χ0v) is 19.0. The maximum absolute atomic E-state index is 14.3. The van der Waals surface area contributed by atoms with E-state index in [-0.39, 0.29) is 5.82 Å². The predicted octanol–water partition coefficient (Wildman–Crippen LogP) is 8.84. The minimum Gasteiger partial charge on any atom is -0.497 e. The van der Waals surface area contributed by atoms with Gasteiger partial charge in [0.25, 0.3) is 0 Å². The van der Waals surface area contributed by atoms with Crippen molar-refractivity contribution >= 4 is 11.3 Å². The van der Waals surface area contributed by atoms with Crippen molar-refractivity contribution in [2.24, 2.45) is 0 Å². The summed E-state index contributed by atoms with van der Waals surface area (Å²) in [5.74, 6) is -1.42. The van der Waals surface area contributed by atoms with Gasteiger partial charge < -0.3 is 4.74 Å². The molecule has 0 radical (unpaired) electrons. The molecule has 1 aromatic heterocycles. The van der Waals surface area contributed by atoms with E-state index in [4.69, 9.17) is 4.74 Å². The minimum absolute atomic E-state index is 0.327. The van der Waals surface area contributed by atoms with Crippen LogP contribution in [0, 0.1) is 17.5 Å². The minimum atomic E-state index is -0.906. The normalized spacial score (nSPS) is 10.9. The third-order valence-corrected chi connectivity index (χ3v) is 6.93. The molecule has 0 fully saturated rings. The van der Waals surface area contributed by atoms with E-state index >= 15 is 0 Å². The zero-order valence-electron chi connectivity index (χ0n) is 18.2. The lowest BCUT2D eigenvalue weighted by molar-refractivity contribution is 0.415. The second-order valence-corrected chi connectivity index (χ2v) is 8.76. The number of hydrogen-bond acceptors (Lipinski definition) is 2. The molecule has 34 heavy (non-hydrogen) atoms. The number of methoxy groups -OCH3 is 1. The van der Waals surface area contributed by atoms with Crippen molar-refractivity contribution in [3.63, 3.8) is 0 Å². The van der Waals surface area contributed by atoms with E-state index in [9.17, 15) is 13.2 Å². The molecule has 0 amide bonds. The van der Waals surface area contributed by atoms with Gasteiger partial charge in [0.2, 0.25) is 0 Å². The Labute approximate surface area is 199 Å². The molecule has 5 rings (SSSR count). The topological polar surface area (TPSA) is 9.23 Å². The van der Waals surface area contributed by atoms with Gasteiger partial charge in [-0.15, -0.1) is 11.3 Å². The average molecular weight is 473 g/mol. The first kappa shape index (κ1) is 22.0. The van der Waals surface area contributed by atoms with Crippen molar-refractivity contribution in [3.05, 3.63) is 115 Å². The van der Waals surface area contributed by atoms with Gasteiger partial charge in [-0.3, -0.25) is 0 Å². The van der Waals surface area contributed by atoms with Gasteiger partial charge in [-0.25, -0.2) is 13.2 Å². The molecule has 0 bridgehead atoms. The molecular formula is C29H19F3OS. The Morgan fingerprint density at radius 2 is 1.12 bits per heavy atom. The van der Waals surface area contributed by atoms with Crippen LogP contribution >= 0.6 is 11.3 Å². The summed E-state index contributed by atoms with van der Waals surface area (Å²) >= 11 is 1.50. The number of ether oxygens (including phenoxy) is 1. The average Bonchev–Trinajstić information content (AvgIpc) is 3.27. The first-order valence-electron chi connectivity index (χ1n) is 10.6. The molecular weight excluding hydrogens is 453 g/mol. The van der Waals surface area contributed by atoms with Gasteiger partial charge in [-0.2, -0.15) is 0 Å². The molecule has 0 N–H and O–H groups in total.